The van der Waals surface area contributed by atoms with Gasteiger partial charge in [0, 0.05) is 68.4 Å². The normalized spacial score (nSPS) is 12.5. The van der Waals surface area contributed by atoms with Crippen molar-refractivity contribution in [2.45, 2.75) is 391 Å². The van der Waals surface area contributed by atoms with E-state index in [1.54, 1.807) is 12.4 Å². The number of aryl methyl sites for hydroxylation is 4. The number of amides is 3. The molecule has 0 unspecified atom stereocenters. The lowest BCUT2D eigenvalue weighted by Gasteiger charge is -2.22. The number of rotatable bonds is 14. The van der Waals surface area contributed by atoms with Gasteiger partial charge in [-0.05, 0) is 213 Å². The lowest BCUT2D eigenvalue weighted by atomic mass is 9.83. The highest BCUT2D eigenvalue weighted by molar-refractivity contribution is 5.95. The molecule has 0 aliphatic carbocycles. The number of carbonyl (C=O) groups excluding carboxylic acids is 3. The molecule has 0 radical (unpaired) electrons. The number of hydrogen-bond donors (Lipinski definition) is 3. The van der Waals surface area contributed by atoms with Crippen molar-refractivity contribution in [1.82, 2.24) is 24.9 Å². The Hall–Kier alpha value is -7.40. The number of carbonyl (C=O) groups is 3. The predicted molar refractivity (Wildman–Crippen MR) is 520 cm³/mol. The van der Waals surface area contributed by atoms with Crippen LogP contribution in [0.5, 0.6) is 0 Å². The molecule has 0 atom stereocenters. The van der Waals surface area contributed by atoms with Crippen LogP contribution < -0.4 is 16.0 Å². The summed E-state index contributed by atoms with van der Waals surface area (Å²) in [6, 6.07) is 38.5. The van der Waals surface area contributed by atoms with E-state index in [2.05, 4.69) is 342 Å². The lowest BCUT2D eigenvalue weighted by molar-refractivity contribution is -0.123. The van der Waals surface area contributed by atoms with E-state index in [9.17, 15) is 14.4 Å². The van der Waals surface area contributed by atoms with E-state index in [1.807, 2.05) is 117 Å². The van der Waals surface area contributed by atoms with Gasteiger partial charge in [0.15, 0.2) is 0 Å². The van der Waals surface area contributed by atoms with Gasteiger partial charge < -0.3 is 16.0 Å². The number of aromatic nitrogens is 5. The van der Waals surface area contributed by atoms with Crippen molar-refractivity contribution in [2.75, 3.05) is 16.0 Å². The van der Waals surface area contributed by atoms with Crippen LogP contribution in [-0.4, -0.2) is 42.6 Å². The second-order valence-electron chi connectivity index (χ2n) is 48.7. The third-order valence-electron chi connectivity index (χ3n) is 18.8. The van der Waals surface area contributed by atoms with Crippen LogP contribution in [0, 0.1) is 54.1 Å². The predicted octanol–water partition coefficient (Wildman–Crippen LogP) is 30.2. The van der Waals surface area contributed by atoms with Gasteiger partial charge in [-0.2, -0.15) is 0 Å². The molecule has 0 saturated carbocycles. The molecule has 11 heteroatoms. The van der Waals surface area contributed by atoms with Gasteiger partial charge in [-0.15, -0.1) is 0 Å². The van der Waals surface area contributed by atoms with E-state index in [0.717, 1.165) is 74.1 Å². The fourth-order valence-corrected chi connectivity index (χ4v) is 11.0. The highest BCUT2D eigenvalue weighted by Gasteiger charge is 2.26. The van der Waals surface area contributed by atoms with E-state index in [4.69, 9.17) is 0 Å². The Kier molecular flexibility index (Phi) is 43.3. The number of benzene rings is 2. The molecule has 5 heterocycles. The van der Waals surface area contributed by atoms with Crippen LogP contribution in [0.4, 0.5) is 17.2 Å². The van der Waals surface area contributed by atoms with Crippen LogP contribution in [0.2, 0.25) is 0 Å². The SMILES string of the molecule is C.CC(C)(C)CCc1ccc(NC(=O)C(C)(C)C)cn1.CC(C)(C)CCc1ccc(NC(=O)C(C)(C)C)nc1.CC(C)(C)CCc1cccc(C(C)(C)C)c1.CC(C)(C)CCc1ccnc(C(C)(C)C)c1.CC(C)(C)Cc1ccc(NC(=O)C(C)(C)C)cn1.CC(C)(C)Cc1cccc(C(C)(C)C)c1.CC(C)(C)Cc1ccnc(C(C)(C)C)c1. The summed E-state index contributed by atoms with van der Waals surface area (Å²) in [5.41, 5.74) is 17.9. The van der Waals surface area contributed by atoms with Gasteiger partial charge in [-0.25, -0.2) is 4.98 Å². The van der Waals surface area contributed by atoms with Crippen LogP contribution >= 0.6 is 0 Å². The van der Waals surface area contributed by atoms with Gasteiger partial charge in [0.1, 0.15) is 5.82 Å². The quantitative estimate of drug-likeness (QED) is 0.0973. The van der Waals surface area contributed by atoms with Crippen molar-refractivity contribution in [1.29, 1.82) is 0 Å². The molecule has 3 amide bonds. The molecule has 0 aliphatic heterocycles. The van der Waals surface area contributed by atoms with Crippen LogP contribution in [0.1, 0.15) is 386 Å². The molecule has 0 fully saturated rings. The summed E-state index contributed by atoms with van der Waals surface area (Å²) in [7, 11) is 0. The average Bonchev–Trinajstić information content (AvgIpc) is 0.849. The topological polar surface area (TPSA) is 152 Å². The molecule has 0 bridgehead atoms. The first-order valence-corrected chi connectivity index (χ1v) is 43.9. The highest BCUT2D eigenvalue weighted by atomic mass is 16.2. The second-order valence-corrected chi connectivity index (χ2v) is 48.7. The fourth-order valence-electron chi connectivity index (χ4n) is 11.0. The minimum atomic E-state index is -0.396. The summed E-state index contributed by atoms with van der Waals surface area (Å²) in [5.74, 6) is 0.631. The Bertz CT molecular complexity index is 3850. The number of pyridine rings is 5. The number of anilines is 3. The van der Waals surface area contributed by atoms with Crippen molar-refractivity contribution < 1.29 is 14.4 Å². The van der Waals surface area contributed by atoms with E-state index in [1.165, 1.54) is 69.6 Å². The maximum atomic E-state index is 11.8. The van der Waals surface area contributed by atoms with Gasteiger partial charge in [0.2, 0.25) is 17.7 Å². The van der Waals surface area contributed by atoms with Crippen LogP contribution in [-0.2, 0) is 81.0 Å². The molecule has 5 aromatic heterocycles. The first-order valence-electron chi connectivity index (χ1n) is 43.9. The first-order chi connectivity index (χ1) is 53.0. The third-order valence-corrected chi connectivity index (χ3v) is 18.8. The Morgan fingerprint density at radius 2 is 0.588 bits per heavy atom. The zero-order valence-corrected chi connectivity index (χ0v) is 83.5. The van der Waals surface area contributed by atoms with E-state index in [-0.39, 0.29) is 63.1 Å². The molecule has 3 N–H and O–H groups in total. The standard InChI is InChI=1S/2C16H26N2O.C16H26.C15H24N2O.C15H25N.C15H24.C14H23N.CH4/c1-15(2,3)10-9-12-7-8-13(11-17-12)18-14(19)16(4,5)6;1-15(2,3)10-9-12-7-8-13(17-11-12)18-14(19)16(4,5)6;1-15(2,3)11-10-13-8-7-9-14(12-13)16(4,5)6;1-14(2,3)9-11-7-8-12(10-16-11)17-13(18)15(4,5)6;1-14(2,3)9-7-12-8-10-16-13(11-12)15(4,5)6;1-14(2,3)11-12-8-7-9-13(10-12)15(4,5)6;1-13(2,3)10-11-7-8-15-12(9-11)14(4,5)6;/h7-8,11H,9-10H2,1-6H3,(H,18,19);7-8,11H,9-10H2,1-6H3,(H,17,18,19);7-9,12H,10-11H2,1-6H3;7-8,10H,9H2,1-6H3,(H,17,18);8,10-11H,7,9H2,1-6H3;7-10H,11H2,1-6H3;7-9H,10H2,1-6H3;1H4. The molecule has 668 valence electrons. The zero-order chi connectivity index (χ0) is 91.5. The number of nitrogens with one attached hydrogen (secondary N) is 3. The van der Waals surface area contributed by atoms with Gasteiger partial charge >= 0.3 is 0 Å². The maximum Gasteiger partial charge on any atom is 0.230 e. The monoisotopic (exact) mass is 1640 g/mol. The summed E-state index contributed by atoms with van der Waals surface area (Å²) in [5, 5.41) is 8.58. The van der Waals surface area contributed by atoms with Gasteiger partial charge in [-0.3, -0.25) is 34.3 Å². The largest absolute Gasteiger partial charge is 0.324 e. The van der Waals surface area contributed by atoms with Gasteiger partial charge in [0.05, 0.1) is 23.8 Å². The Balaban J connectivity index is 0.00000137. The molecular weight excluding hydrogens is 1460 g/mol. The molecule has 0 spiro atoms. The van der Waals surface area contributed by atoms with E-state index in [0.29, 0.717) is 38.3 Å². The molecule has 119 heavy (non-hydrogen) atoms. The van der Waals surface area contributed by atoms with E-state index >= 15 is 0 Å². The van der Waals surface area contributed by atoms with Crippen molar-refractivity contribution in [3.8, 4) is 0 Å². The molecule has 11 nitrogen and oxygen atoms in total. The van der Waals surface area contributed by atoms with Crippen molar-refractivity contribution >= 4 is 34.9 Å². The summed E-state index contributed by atoms with van der Waals surface area (Å²) < 4.78 is 0. The summed E-state index contributed by atoms with van der Waals surface area (Å²) >= 11 is 0. The smallest absolute Gasteiger partial charge is 0.230 e. The molecule has 0 aliphatic rings. The Labute approximate surface area is 732 Å². The lowest BCUT2D eigenvalue weighted by Crippen LogP contribution is -2.28. The van der Waals surface area contributed by atoms with Crippen molar-refractivity contribution in [2.24, 2.45) is 54.1 Å². The van der Waals surface area contributed by atoms with Crippen molar-refractivity contribution in [3.05, 3.63) is 202 Å². The minimum Gasteiger partial charge on any atom is -0.324 e. The summed E-state index contributed by atoms with van der Waals surface area (Å²) in [4.78, 5) is 57.5. The number of nitrogens with zero attached hydrogens (tertiary/aromatic N) is 5. The molecular formula is C108H178N8O3. The van der Waals surface area contributed by atoms with Crippen molar-refractivity contribution in [3.63, 3.8) is 0 Å². The van der Waals surface area contributed by atoms with Gasteiger partial charge in [-0.1, -0.05) is 353 Å². The Morgan fingerprint density at radius 3 is 0.916 bits per heavy atom. The second kappa shape index (κ2) is 46.2. The first kappa shape index (κ1) is 112. The Morgan fingerprint density at radius 1 is 0.269 bits per heavy atom. The highest BCUT2D eigenvalue weighted by Crippen LogP contribution is 2.32. The van der Waals surface area contributed by atoms with Gasteiger partial charge in [0.25, 0.3) is 0 Å². The third kappa shape index (κ3) is 53.9. The minimum absolute atomic E-state index is 0. The summed E-state index contributed by atoms with van der Waals surface area (Å²) in [6.07, 6.45) is 21.4. The van der Waals surface area contributed by atoms with Crippen LogP contribution in [0.3, 0.4) is 0 Å². The van der Waals surface area contributed by atoms with Crippen LogP contribution in [0.15, 0.2) is 140 Å². The zero-order valence-electron chi connectivity index (χ0n) is 83.5. The maximum absolute atomic E-state index is 11.8. The molecule has 7 rings (SSSR count). The summed E-state index contributed by atoms with van der Waals surface area (Å²) in [6.45, 7) is 91.3. The van der Waals surface area contributed by atoms with E-state index < -0.39 is 5.41 Å². The average molecular weight is 1640 g/mol. The molecule has 2 aromatic carbocycles. The fraction of sp³-hybridized carbons (Fsp3) is 0.630. The van der Waals surface area contributed by atoms with Crippen LogP contribution in [0.25, 0.3) is 0 Å². The molecule has 7 aromatic rings. The molecule has 0 saturated heterocycles. The number of hydrogen-bond acceptors (Lipinski definition) is 8.